The summed E-state index contributed by atoms with van der Waals surface area (Å²) in [5.41, 5.74) is 0. The third kappa shape index (κ3) is 87.3. The minimum Gasteiger partial charge on any atom is -0.123 e. The van der Waals surface area contributed by atoms with E-state index in [4.69, 9.17) is 0 Å². The standard InChI is InChI=1S/4C4H11P.P/c4*1-3-5-4-2;/h4*5H,3-4H2,1-2H3;. The quantitative estimate of drug-likeness (QED) is 0.372. The molecule has 0 aromatic heterocycles. The van der Waals surface area contributed by atoms with Crippen LogP contribution in [0.3, 0.4) is 0 Å². The van der Waals surface area contributed by atoms with Crippen LogP contribution in [-0.2, 0) is 0 Å². The van der Waals surface area contributed by atoms with E-state index >= 15 is 0 Å². The SMILES string of the molecule is CCPCC.CCPCC.CCPCC.CCPCC.[P]. The van der Waals surface area contributed by atoms with Gasteiger partial charge in [-0.1, -0.05) is 55.4 Å². The predicted octanol–water partition coefficient (Wildman–Crippen LogP) is 7.68. The van der Waals surface area contributed by atoms with E-state index in [-0.39, 0.29) is 9.90 Å². The van der Waals surface area contributed by atoms with Gasteiger partial charge in [-0.25, -0.2) is 0 Å². The first kappa shape index (κ1) is 34.5. The molecule has 0 aliphatic heterocycles. The summed E-state index contributed by atoms with van der Waals surface area (Å²) in [6.45, 7) is 17.8. The van der Waals surface area contributed by atoms with E-state index in [0.717, 1.165) is 0 Å². The van der Waals surface area contributed by atoms with Gasteiger partial charge in [-0.2, -0.15) is 0 Å². The molecule has 0 nitrogen and oxygen atoms in total. The van der Waals surface area contributed by atoms with Crippen LogP contribution in [-0.4, -0.2) is 49.3 Å². The summed E-state index contributed by atoms with van der Waals surface area (Å²) >= 11 is 0. The van der Waals surface area contributed by atoms with Crippen molar-refractivity contribution in [3.05, 3.63) is 0 Å². The topological polar surface area (TPSA) is 0 Å². The Hall–Kier alpha value is 2.15. The first-order valence-electron chi connectivity index (χ1n) is 8.49. The highest BCUT2D eigenvalue weighted by Crippen LogP contribution is 2.05. The van der Waals surface area contributed by atoms with Crippen LogP contribution in [0.25, 0.3) is 0 Å². The number of hydrogen-bond donors (Lipinski definition) is 0. The second-order valence-electron chi connectivity index (χ2n) is 3.83. The zero-order chi connectivity index (χ0) is 16.5. The highest BCUT2D eigenvalue weighted by molar-refractivity contribution is 7.38. The summed E-state index contributed by atoms with van der Waals surface area (Å²) in [4.78, 5) is 0. The lowest BCUT2D eigenvalue weighted by Crippen LogP contribution is -1.59. The Balaban J connectivity index is -0.0000000533. The Morgan fingerprint density at radius 2 is 0.429 bits per heavy atom. The maximum absolute atomic E-state index is 2.22. The molecule has 0 amide bonds. The van der Waals surface area contributed by atoms with Gasteiger partial charge < -0.3 is 0 Å². The molecule has 133 valence electrons. The van der Waals surface area contributed by atoms with E-state index < -0.39 is 0 Å². The van der Waals surface area contributed by atoms with Crippen molar-refractivity contribution in [2.24, 2.45) is 0 Å². The van der Waals surface area contributed by atoms with Gasteiger partial charge in [-0.05, 0) is 49.3 Å². The van der Waals surface area contributed by atoms with Crippen LogP contribution in [0, 0.1) is 0 Å². The molecule has 0 rings (SSSR count). The van der Waals surface area contributed by atoms with Crippen LogP contribution < -0.4 is 0 Å². The molecule has 0 fully saturated rings. The average Bonchev–Trinajstić information content (AvgIpc) is 2.44. The normalized spacial score (nSPS) is 8.00. The van der Waals surface area contributed by atoms with Crippen molar-refractivity contribution < 1.29 is 0 Å². The Bertz CT molecular complexity index is 70.7. The maximum Gasteiger partial charge on any atom is 0 e. The van der Waals surface area contributed by atoms with Crippen LogP contribution in [0.2, 0.25) is 0 Å². The van der Waals surface area contributed by atoms with Gasteiger partial charge in [0.05, 0.1) is 0 Å². The van der Waals surface area contributed by atoms with E-state index in [1.165, 1.54) is 83.6 Å². The first-order valence-corrected chi connectivity index (χ1v) is 14.1. The molecular formula is C16H44P5. The monoisotopic (exact) mass is 391 g/mol. The van der Waals surface area contributed by atoms with Crippen molar-refractivity contribution in [2.45, 2.75) is 55.4 Å². The van der Waals surface area contributed by atoms with E-state index in [1.807, 2.05) is 0 Å². The van der Waals surface area contributed by atoms with Gasteiger partial charge >= 0.3 is 0 Å². The number of hydrogen-bond acceptors (Lipinski definition) is 0. The highest BCUT2D eigenvalue weighted by atomic mass is 31.1. The zero-order valence-corrected chi connectivity index (χ0v) is 21.0. The lowest BCUT2D eigenvalue weighted by atomic mass is 11.0. The van der Waals surface area contributed by atoms with Crippen molar-refractivity contribution in [1.29, 1.82) is 0 Å². The molecule has 0 aliphatic carbocycles. The van der Waals surface area contributed by atoms with Crippen LogP contribution in [0.1, 0.15) is 55.4 Å². The van der Waals surface area contributed by atoms with E-state index in [9.17, 15) is 0 Å². The van der Waals surface area contributed by atoms with Crippen LogP contribution in [0.15, 0.2) is 0 Å². The van der Waals surface area contributed by atoms with Crippen molar-refractivity contribution >= 4 is 44.2 Å². The molecule has 0 saturated carbocycles. The summed E-state index contributed by atoms with van der Waals surface area (Å²) in [6, 6.07) is 0. The third-order valence-electron chi connectivity index (χ3n) is 2.00. The lowest BCUT2D eigenvalue weighted by molar-refractivity contribution is 1.44. The fourth-order valence-electron chi connectivity index (χ4n) is 1.000. The molecule has 21 heavy (non-hydrogen) atoms. The third-order valence-corrected chi connectivity index (χ3v) is 6.00. The molecule has 3 radical (unpaired) electrons. The van der Waals surface area contributed by atoms with Crippen molar-refractivity contribution in [1.82, 2.24) is 0 Å². The predicted molar refractivity (Wildman–Crippen MR) is 125 cm³/mol. The Labute approximate surface area is 149 Å². The molecule has 0 spiro atoms. The summed E-state index contributed by atoms with van der Waals surface area (Å²) in [6.07, 6.45) is 11.0. The Morgan fingerprint density at radius 1 is 0.333 bits per heavy atom. The number of rotatable bonds is 8. The van der Waals surface area contributed by atoms with Gasteiger partial charge in [-0.15, -0.1) is 34.3 Å². The Morgan fingerprint density at radius 3 is 0.429 bits per heavy atom. The summed E-state index contributed by atoms with van der Waals surface area (Å²) in [5, 5.41) is 0. The molecule has 0 aromatic carbocycles. The first-order chi connectivity index (χ1) is 9.66. The molecule has 0 unspecified atom stereocenters. The van der Waals surface area contributed by atoms with Gasteiger partial charge in [0.25, 0.3) is 0 Å². The maximum atomic E-state index is 2.22. The fourth-order valence-corrected chi connectivity index (χ4v) is 3.00. The van der Waals surface area contributed by atoms with E-state index in [2.05, 4.69) is 55.4 Å². The molecule has 0 N–H and O–H groups in total. The van der Waals surface area contributed by atoms with E-state index in [0.29, 0.717) is 0 Å². The van der Waals surface area contributed by atoms with Crippen LogP contribution >= 0.6 is 44.2 Å². The van der Waals surface area contributed by atoms with Gasteiger partial charge in [-0.3, -0.25) is 0 Å². The minimum atomic E-state index is 0. The van der Waals surface area contributed by atoms with Gasteiger partial charge in [0.2, 0.25) is 0 Å². The van der Waals surface area contributed by atoms with Crippen LogP contribution in [0.5, 0.6) is 0 Å². The van der Waals surface area contributed by atoms with Gasteiger partial charge in [0.15, 0.2) is 0 Å². The molecule has 0 aliphatic rings. The van der Waals surface area contributed by atoms with Crippen molar-refractivity contribution in [3.8, 4) is 0 Å². The lowest BCUT2D eigenvalue weighted by Gasteiger charge is -1.80. The second kappa shape index (κ2) is 49.5. The minimum absolute atomic E-state index is 0. The average molecular weight is 391 g/mol. The molecule has 5 heteroatoms. The molecule has 0 saturated heterocycles. The zero-order valence-electron chi connectivity index (χ0n) is 16.1. The van der Waals surface area contributed by atoms with Gasteiger partial charge in [0.1, 0.15) is 0 Å². The largest absolute Gasteiger partial charge is 0.123 e. The molecule has 0 bridgehead atoms. The van der Waals surface area contributed by atoms with Gasteiger partial charge in [0, 0.05) is 9.90 Å². The fraction of sp³-hybridized carbons (Fsp3) is 1.00. The molecule has 0 aromatic rings. The molecular weight excluding hydrogens is 347 g/mol. The molecule has 0 heterocycles. The summed E-state index contributed by atoms with van der Waals surface area (Å²) in [7, 11) is 4.79. The van der Waals surface area contributed by atoms with E-state index in [1.54, 1.807) is 0 Å². The summed E-state index contributed by atoms with van der Waals surface area (Å²) in [5.74, 6) is 0. The van der Waals surface area contributed by atoms with Crippen molar-refractivity contribution in [3.63, 3.8) is 0 Å². The molecule has 0 atom stereocenters. The second-order valence-corrected chi connectivity index (χ2v) is 11.5. The smallest absolute Gasteiger partial charge is 0 e. The Kier molecular flexibility index (Phi) is 81.2. The van der Waals surface area contributed by atoms with Crippen LogP contribution in [0.4, 0.5) is 0 Å². The summed E-state index contributed by atoms with van der Waals surface area (Å²) < 4.78 is 0. The highest BCUT2D eigenvalue weighted by Gasteiger charge is 1.68. The van der Waals surface area contributed by atoms with Crippen molar-refractivity contribution in [2.75, 3.05) is 49.3 Å².